The van der Waals surface area contributed by atoms with Gasteiger partial charge in [0.15, 0.2) is 6.61 Å². The van der Waals surface area contributed by atoms with Gasteiger partial charge in [0.2, 0.25) is 0 Å². The molecule has 3 rings (SSSR count). The van der Waals surface area contributed by atoms with E-state index in [9.17, 15) is 9.59 Å². The molecular weight excluding hydrogens is 388 g/mol. The highest BCUT2D eigenvalue weighted by Crippen LogP contribution is 2.17. The van der Waals surface area contributed by atoms with Gasteiger partial charge in [-0.05, 0) is 66.8 Å². The Bertz CT molecular complexity index is 986. The monoisotopic (exact) mass is 410 g/mol. The van der Waals surface area contributed by atoms with Gasteiger partial charge in [0, 0.05) is 10.4 Å². The molecule has 6 nitrogen and oxygen atoms in total. The fourth-order valence-corrected chi connectivity index (χ4v) is 3.08. The van der Waals surface area contributed by atoms with Crippen LogP contribution in [0.2, 0.25) is 0 Å². The average Bonchev–Trinajstić information content (AvgIpc) is 3.25. The zero-order valence-corrected chi connectivity index (χ0v) is 17.0. The number of carbonyl (C=O) groups is 2. The summed E-state index contributed by atoms with van der Waals surface area (Å²) in [6.07, 6.45) is 0. The van der Waals surface area contributed by atoms with Crippen molar-refractivity contribution in [2.45, 2.75) is 20.5 Å². The molecule has 0 atom stereocenters. The highest BCUT2D eigenvalue weighted by atomic mass is 32.1. The number of hydrazine groups is 1. The van der Waals surface area contributed by atoms with Crippen LogP contribution < -0.4 is 20.3 Å². The summed E-state index contributed by atoms with van der Waals surface area (Å²) < 4.78 is 11.1. The van der Waals surface area contributed by atoms with Crippen LogP contribution in [0.25, 0.3) is 0 Å². The Balaban J connectivity index is 1.46. The van der Waals surface area contributed by atoms with Gasteiger partial charge in [-0.2, -0.15) is 0 Å². The molecule has 0 aliphatic carbocycles. The summed E-state index contributed by atoms with van der Waals surface area (Å²) in [4.78, 5) is 25.3. The van der Waals surface area contributed by atoms with E-state index >= 15 is 0 Å². The van der Waals surface area contributed by atoms with Crippen LogP contribution in [0.15, 0.2) is 60.0 Å². The number of nitrogens with one attached hydrogen (secondary N) is 2. The molecule has 7 heteroatoms. The number of amides is 2. The zero-order valence-electron chi connectivity index (χ0n) is 16.2. The molecule has 0 spiro atoms. The molecule has 0 fully saturated rings. The van der Waals surface area contributed by atoms with Gasteiger partial charge < -0.3 is 9.47 Å². The maximum absolute atomic E-state index is 12.3. The Morgan fingerprint density at radius 1 is 0.897 bits per heavy atom. The first-order valence-electron chi connectivity index (χ1n) is 9.06. The first-order valence-corrected chi connectivity index (χ1v) is 9.94. The number of benzene rings is 2. The van der Waals surface area contributed by atoms with Crippen molar-refractivity contribution in [3.05, 3.63) is 81.5 Å². The summed E-state index contributed by atoms with van der Waals surface area (Å²) in [6.45, 7) is 4.21. The van der Waals surface area contributed by atoms with E-state index in [0.717, 1.165) is 16.0 Å². The second kappa shape index (κ2) is 9.75. The van der Waals surface area contributed by atoms with Gasteiger partial charge >= 0.3 is 0 Å². The lowest BCUT2D eigenvalue weighted by Crippen LogP contribution is -2.43. The molecule has 0 bridgehead atoms. The Morgan fingerprint density at radius 2 is 1.72 bits per heavy atom. The minimum atomic E-state index is -0.457. The Morgan fingerprint density at radius 3 is 2.48 bits per heavy atom. The minimum Gasteiger partial charge on any atom is -0.488 e. The molecule has 1 heterocycles. The molecule has 2 N–H and O–H groups in total. The summed E-state index contributed by atoms with van der Waals surface area (Å²) in [5.74, 6) is 0.286. The number of aryl methyl sites for hydroxylation is 2. The highest BCUT2D eigenvalue weighted by Gasteiger charge is 2.09. The van der Waals surface area contributed by atoms with Gasteiger partial charge in [0.05, 0.1) is 0 Å². The molecule has 0 radical (unpaired) electrons. The molecule has 0 saturated heterocycles. The highest BCUT2D eigenvalue weighted by molar-refractivity contribution is 7.09. The van der Waals surface area contributed by atoms with Crippen LogP contribution in [0.4, 0.5) is 0 Å². The first-order chi connectivity index (χ1) is 14.0. The second-order valence-corrected chi connectivity index (χ2v) is 7.47. The molecule has 0 aliphatic heterocycles. The van der Waals surface area contributed by atoms with Crippen molar-refractivity contribution in [3.8, 4) is 11.5 Å². The van der Waals surface area contributed by atoms with Crippen molar-refractivity contribution >= 4 is 23.2 Å². The Kier molecular flexibility index (Phi) is 6.86. The van der Waals surface area contributed by atoms with E-state index in [4.69, 9.17) is 9.47 Å². The topological polar surface area (TPSA) is 76.7 Å². The fourth-order valence-electron chi connectivity index (χ4n) is 2.46. The van der Waals surface area contributed by atoms with E-state index < -0.39 is 11.8 Å². The smallest absolute Gasteiger partial charge is 0.276 e. The van der Waals surface area contributed by atoms with Crippen LogP contribution >= 0.6 is 11.3 Å². The van der Waals surface area contributed by atoms with Gasteiger partial charge in [-0.25, -0.2) is 0 Å². The molecule has 1 aromatic heterocycles. The van der Waals surface area contributed by atoms with Crippen molar-refractivity contribution in [1.29, 1.82) is 0 Å². The SMILES string of the molecule is Cc1ccc(OCC(=O)NNC(=O)c2cccc(OCc3cccs3)c2)cc1C. The zero-order chi connectivity index (χ0) is 20.6. The van der Waals surface area contributed by atoms with Gasteiger partial charge in [0.1, 0.15) is 18.1 Å². The van der Waals surface area contributed by atoms with E-state index in [0.29, 0.717) is 23.7 Å². The van der Waals surface area contributed by atoms with E-state index in [1.807, 2.05) is 43.5 Å². The minimum absolute atomic E-state index is 0.202. The molecule has 3 aromatic rings. The molecule has 2 aromatic carbocycles. The van der Waals surface area contributed by atoms with Crippen LogP contribution in [0.5, 0.6) is 11.5 Å². The van der Waals surface area contributed by atoms with E-state index in [1.165, 1.54) is 0 Å². The number of thiophene rings is 1. The van der Waals surface area contributed by atoms with Crippen molar-refractivity contribution in [3.63, 3.8) is 0 Å². The van der Waals surface area contributed by atoms with Crippen LogP contribution in [0.3, 0.4) is 0 Å². The van der Waals surface area contributed by atoms with Gasteiger partial charge in [-0.3, -0.25) is 20.4 Å². The predicted molar refractivity (Wildman–Crippen MR) is 112 cm³/mol. The van der Waals surface area contributed by atoms with Crippen LogP contribution in [0, 0.1) is 13.8 Å². The fraction of sp³-hybridized carbons (Fsp3) is 0.182. The van der Waals surface area contributed by atoms with Crippen molar-refractivity contribution < 1.29 is 19.1 Å². The normalized spacial score (nSPS) is 10.3. The molecule has 0 aliphatic rings. The van der Waals surface area contributed by atoms with Gasteiger partial charge in [-0.15, -0.1) is 11.3 Å². The van der Waals surface area contributed by atoms with Gasteiger partial charge in [-0.1, -0.05) is 18.2 Å². The van der Waals surface area contributed by atoms with Crippen molar-refractivity contribution in [2.24, 2.45) is 0 Å². The molecule has 0 unspecified atom stereocenters. The van der Waals surface area contributed by atoms with Crippen molar-refractivity contribution in [2.75, 3.05) is 6.61 Å². The molecule has 29 heavy (non-hydrogen) atoms. The first kappa shape index (κ1) is 20.4. The van der Waals surface area contributed by atoms with E-state index in [1.54, 1.807) is 41.7 Å². The average molecular weight is 410 g/mol. The number of hydrogen-bond acceptors (Lipinski definition) is 5. The van der Waals surface area contributed by atoms with Gasteiger partial charge in [0.25, 0.3) is 11.8 Å². The van der Waals surface area contributed by atoms with E-state index in [2.05, 4.69) is 10.9 Å². The summed E-state index contributed by atoms with van der Waals surface area (Å²) in [5.41, 5.74) is 7.34. The quantitative estimate of drug-likeness (QED) is 0.581. The summed E-state index contributed by atoms with van der Waals surface area (Å²) in [6, 6.07) is 16.3. The molecule has 2 amide bonds. The molecule has 150 valence electrons. The summed E-state index contributed by atoms with van der Waals surface area (Å²) in [7, 11) is 0. The standard InChI is InChI=1S/C22H22N2O4S/c1-15-8-9-19(11-16(15)2)28-14-21(25)23-24-22(26)17-5-3-6-18(12-17)27-13-20-7-4-10-29-20/h3-12H,13-14H2,1-2H3,(H,23,25)(H,24,26). The summed E-state index contributed by atoms with van der Waals surface area (Å²) in [5, 5.41) is 1.98. The largest absolute Gasteiger partial charge is 0.488 e. The Labute approximate surface area is 173 Å². The number of rotatable bonds is 7. The third kappa shape index (κ3) is 6.08. The number of ether oxygens (including phenoxy) is 2. The number of hydrogen-bond donors (Lipinski definition) is 2. The summed E-state index contributed by atoms with van der Waals surface area (Å²) >= 11 is 1.60. The Hall–Kier alpha value is -3.32. The predicted octanol–water partition coefficient (Wildman–Crippen LogP) is 3.78. The molecular formula is C22H22N2O4S. The van der Waals surface area contributed by atoms with Crippen LogP contribution in [-0.2, 0) is 11.4 Å². The lowest BCUT2D eigenvalue weighted by Gasteiger charge is -2.11. The lowest BCUT2D eigenvalue weighted by atomic mass is 10.1. The third-order valence-electron chi connectivity index (χ3n) is 4.22. The maximum Gasteiger partial charge on any atom is 0.276 e. The maximum atomic E-state index is 12.3. The van der Waals surface area contributed by atoms with Crippen LogP contribution in [-0.4, -0.2) is 18.4 Å². The van der Waals surface area contributed by atoms with Crippen molar-refractivity contribution in [1.82, 2.24) is 10.9 Å². The second-order valence-electron chi connectivity index (χ2n) is 6.43. The molecule has 0 saturated carbocycles. The van der Waals surface area contributed by atoms with E-state index in [-0.39, 0.29) is 6.61 Å². The third-order valence-corrected chi connectivity index (χ3v) is 5.07. The van der Waals surface area contributed by atoms with Crippen LogP contribution in [0.1, 0.15) is 26.4 Å². The lowest BCUT2D eigenvalue weighted by molar-refractivity contribution is -0.123. The number of carbonyl (C=O) groups excluding carboxylic acids is 2.